The van der Waals surface area contributed by atoms with Crippen molar-refractivity contribution in [3.8, 4) is 11.1 Å². The normalized spacial score (nSPS) is 16.0. The first-order valence-corrected chi connectivity index (χ1v) is 12.0. The number of hydrogen-bond acceptors (Lipinski definition) is 5. The van der Waals surface area contributed by atoms with Crippen LogP contribution in [0.4, 0.5) is 4.79 Å². The molecule has 1 aliphatic heterocycles. The van der Waals surface area contributed by atoms with Crippen LogP contribution in [0.3, 0.4) is 0 Å². The number of amides is 2. The number of alkyl carbamates (subject to hydrolysis) is 1. The Labute approximate surface area is 187 Å². The van der Waals surface area contributed by atoms with Gasteiger partial charge in [-0.25, -0.2) is 4.79 Å². The third-order valence-corrected chi connectivity index (χ3v) is 6.90. The predicted molar refractivity (Wildman–Crippen MR) is 124 cm³/mol. The Balaban J connectivity index is 1.18. The van der Waals surface area contributed by atoms with Crippen LogP contribution in [-0.2, 0) is 9.53 Å². The van der Waals surface area contributed by atoms with Crippen LogP contribution < -0.4 is 11.1 Å². The summed E-state index contributed by atoms with van der Waals surface area (Å²) in [6.45, 7) is 1.62. The van der Waals surface area contributed by atoms with Crippen molar-refractivity contribution >= 4 is 23.8 Å². The zero-order valence-corrected chi connectivity index (χ0v) is 18.4. The second-order valence-electron chi connectivity index (χ2n) is 7.99. The summed E-state index contributed by atoms with van der Waals surface area (Å²) in [5, 5.41) is 2.81. The fourth-order valence-electron chi connectivity index (χ4n) is 4.27. The van der Waals surface area contributed by atoms with Crippen LogP contribution in [-0.4, -0.2) is 54.3 Å². The highest BCUT2D eigenvalue weighted by atomic mass is 32.2. The second-order valence-corrected chi connectivity index (χ2v) is 9.07. The summed E-state index contributed by atoms with van der Waals surface area (Å²) < 4.78 is 5.54. The maximum absolute atomic E-state index is 12.2. The number of nitrogens with two attached hydrogens (primary N) is 1. The average Bonchev–Trinajstić information content (AvgIpc) is 3.44. The molecule has 2 aliphatic rings. The lowest BCUT2D eigenvalue weighted by Gasteiger charge is -2.19. The van der Waals surface area contributed by atoms with E-state index in [0.717, 1.165) is 31.0 Å². The highest BCUT2D eigenvalue weighted by Gasteiger charge is 2.29. The van der Waals surface area contributed by atoms with E-state index in [-0.39, 0.29) is 11.8 Å². The molecular formula is C24H29N3O3S. The summed E-state index contributed by atoms with van der Waals surface area (Å²) >= 11 is 1.76. The lowest BCUT2D eigenvalue weighted by atomic mass is 9.98. The quantitative estimate of drug-likeness (QED) is 0.615. The van der Waals surface area contributed by atoms with E-state index in [1.165, 1.54) is 22.3 Å². The van der Waals surface area contributed by atoms with Crippen molar-refractivity contribution in [2.75, 3.05) is 31.3 Å². The van der Waals surface area contributed by atoms with Gasteiger partial charge in [0.15, 0.2) is 0 Å². The van der Waals surface area contributed by atoms with Crippen molar-refractivity contribution in [3.63, 3.8) is 0 Å². The number of thioether (sulfide) groups is 1. The van der Waals surface area contributed by atoms with Crippen LogP contribution in [0.2, 0.25) is 0 Å². The molecule has 1 heterocycles. The van der Waals surface area contributed by atoms with Gasteiger partial charge in [-0.15, -0.1) is 11.8 Å². The Morgan fingerprint density at radius 3 is 2.42 bits per heavy atom. The summed E-state index contributed by atoms with van der Waals surface area (Å²) in [7, 11) is 0. The monoisotopic (exact) mass is 439 g/mol. The van der Waals surface area contributed by atoms with Crippen molar-refractivity contribution in [3.05, 3.63) is 59.7 Å². The molecule has 1 aliphatic carbocycles. The minimum absolute atomic E-state index is 0.0366. The van der Waals surface area contributed by atoms with Crippen molar-refractivity contribution in [1.29, 1.82) is 0 Å². The molecule has 6 nitrogen and oxygen atoms in total. The molecule has 0 radical (unpaired) electrons. The van der Waals surface area contributed by atoms with Gasteiger partial charge in [0.2, 0.25) is 5.91 Å². The summed E-state index contributed by atoms with van der Waals surface area (Å²) in [6.07, 6.45) is 1.78. The fraction of sp³-hybridized carbons (Fsp3) is 0.417. The van der Waals surface area contributed by atoms with E-state index in [1.54, 1.807) is 11.8 Å². The molecule has 31 heavy (non-hydrogen) atoms. The van der Waals surface area contributed by atoms with Gasteiger partial charge in [-0.05, 0) is 41.5 Å². The van der Waals surface area contributed by atoms with Crippen LogP contribution in [0.15, 0.2) is 48.5 Å². The highest BCUT2D eigenvalue weighted by molar-refractivity contribution is 7.99. The van der Waals surface area contributed by atoms with Gasteiger partial charge in [-0.3, -0.25) is 4.79 Å². The van der Waals surface area contributed by atoms with E-state index in [1.807, 2.05) is 29.2 Å². The second kappa shape index (κ2) is 10.2. The molecule has 2 aromatic carbocycles. The zero-order chi connectivity index (χ0) is 21.6. The lowest BCUT2D eigenvalue weighted by Crippen LogP contribution is -2.42. The Bertz CT molecular complexity index is 884. The van der Waals surface area contributed by atoms with E-state index >= 15 is 0 Å². The summed E-state index contributed by atoms with van der Waals surface area (Å²) in [4.78, 5) is 26.2. The molecule has 0 spiro atoms. The number of nitrogens with zero attached hydrogens (tertiary/aromatic N) is 1. The van der Waals surface area contributed by atoms with Crippen LogP contribution in [0.5, 0.6) is 0 Å². The topological polar surface area (TPSA) is 84.7 Å². The van der Waals surface area contributed by atoms with Crippen molar-refractivity contribution in [2.45, 2.75) is 31.2 Å². The number of carbonyl (C=O) groups is 2. The molecule has 0 bridgehead atoms. The summed E-state index contributed by atoms with van der Waals surface area (Å²) in [6, 6.07) is 16.1. The van der Waals surface area contributed by atoms with Gasteiger partial charge in [-0.2, -0.15) is 0 Å². The number of hydrogen-bond donors (Lipinski definition) is 2. The molecular weight excluding hydrogens is 410 g/mol. The van der Waals surface area contributed by atoms with Crippen molar-refractivity contribution in [2.24, 2.45) is 5.73 Å². The molecule has 4 rings (SSSR count). The molecule has 1 atom stereocenters. The fourth-order valence-corrected chi connectivity index (χ4v) is 5.23. The SMILES string of the molecule is N[C@@H](CCCCNC(=O)OCC1c2ccccc2-c2ccccc21)C(=O)N1CCSC1. The number of fused-ring (bicyclic) bond motifs is 3. The van der Waals surface area contributed by atoms with E-state index in [0.29, 0.717) is 19.6 Å². The summed E-state index contributed by atoms with van der Waals surface area (Å²) in [5.41, 5.74) is 10.8. The molecule has 0 aromatic heterocycles. The van der Waals surface area contributed by atoms with Gasteiger partial charge in [-0.1, -0.05) is 48.5 Å². The van der Waals surface area contributed by atoms with Gasteiger partial charge in [0.1, 0.15) is 6.61 Å². The van der Waals surface area contributed by atoms with Crippen molar-refractivity contribution < 1.29 is 14.3 Å². The number of benzene rings is 2. The third-order valence-electron chi connectivity index (χ3n) is 5.94. The summed E-state index contributed by atoms with van der Waals surface area (Å²) in [5.74, 6) is 1.83. The molecule has 164 valence electrons. The molecule has 0 unspecified atom stereocenters. The minimum Gasteiger partial charge on any atom is -0.449 e. The van der Waals surface area contributed by atoms with Gasteiger partial charge in [0.25, 0.3) is 0 Å². The van der Waals surface area contributed by atoms with Gasteiger partial charge in [0.05, 0.1) is 11.9 Å². The van der Waals surface area contributed by atoms with Crippen molar-refractivity contribution in [1.82, 2.24) is 10.2 Å². The number of nitrogens with one attached hydrogen (secondary N) is 1. The Morgan fingerprint density at radius 2 is 1.77 bits per heavy atom. The van der Waals surface area contributed by atoms with E-state index < -0.39 is 12.1 Å². The number of rotatable bonds is 8. The molecule has 2 amide bonds. The number of carbonyl (C=O) groups excluding carboxylic acids is 2. The largest absolute Gasteiger partial charge is 0.449 e. The molecule has 3 N–H and O–H groups in total. The van der Waals surface area contributed by atoms with Crippen LogP contribution in [0.25, 0.3) is 11.1 Å². The lowest BCUT2D eigenvalue weighted by molar-refractivity contribution is -0.131. The highest BCUT2D eigenvalue weighted by Crippen LogP contribution is 2.44. The number of ether oxygens (including phenoxy) is 1. The first kappa shape index (κ1) is 21.7. The van der Waals surface area contributed by atoms with Gasteiger partial charge in [0, 0.05) is 24.8 Å². The van der Waals surface area contributed by atoms with Gasteiger partial charge < -0.3 is 20.7 Å². The maximum Gasteiger partial charge on any atom is 0.407 e. The maximum atomic E-state index is 12.2. The van der Waals surface area contributed by atoms with Crippen LogP contribution >= 0.6 is 11.8 Å². The Kier molecular flexibility index (Phi) is 7.14. The minimum atomic E-state index is -0.451. The van der Waals surface area contributed by atoms with E-state index in [9.17, 15) is 9.59 Å². The zero-order valence-electron chi connectivity index (χ0n) is 17.6. The smallest absolute Gasteiger partial charge is 0.407 e. The predicted octanol–water partition coefficient (Wildman–Crippen LogP) is 3.56. The average molecular weight is 440 g/mol. The molecule has 1 saturated heterocycles. The van der Waals surface area contributed by atoms with Gasteiger partial charge >= 0.3 is 6.09 Å². The van der Waals surface area contributed by atoms with Crippen LogP contribution in [0, 0.1) is 0 Å². The van der Waals surface area contributed by atoms with E-state index in [4.69, 9.17) is 10.5 Å². The Morgan fingerprint density at radius 1 is 1.10 bits per heavy atom. The molecule has 7 heteroatoms. The number of unbranched alkanes of at least 4 members (excludes halogenated alkanes) is 1. The molecule has 0 saturated carbocycles. The standard InChI is InChI=1S/C24H29N3O3S/c25-22(23(28)27-13-14-31-16-27)11-5-6-12-26-24(29)30-15-21-19-9-3-1-7-17(19)18-8-2-4-10-20(18)21/h1-4,7-10,21-22H,5-6,11-16,25H2,(H,26,29)/t22-/m0/s1. The first-order valence-electron chi connectivity index (χ1n) is 10.9. The van der Waals surface area contributed by atoms with E-state index in [2.05, 4.69) is 29.6 Å². The molecule has 2 aromatic rings. The van der Waals surface area contributed by atoms with Crippen LogP contribution in [0.1, 0.15) is 36.3 Å². The third kappa shape index (κ3) is 5.05. The first-order chi connectivity index (χ1) is 15.1. The Hall–Kier alpha value is -2.51. The molecule has 1 fully saturated rings.